The van der Waals surface area contributed by atoms with Crippen molar-refractivity contribution in [3.8, 4) is 0 Å². The van der Waals surface area contributed by atoms with Gasteiger partial charge in [-0.3, -0.25) is 0 Å². The molecule has 1 fully saturated rings. The van der Waals surface area contributed by atoms with Crippen molar-refractivity contribution in [3.63, 3.8) is 0 Å². The normalized spacial score (nSPS) is 16.1. The SMILES string of the molecule is CCOCc1nc(NN)cc(NCC2CCOCC2)n1. The van der Waals surface area contributed by atoms with Crippen LogP contribution in [0.5, 0.6) is 0 Å². The van der Waals surface area contributed by atoms with E-state index in [4.69, 9.17) is 15.3 Å². The molecule has 0 radical (unpaired) electrons. The summed E-state index contributed by atoms with van der Waals surface area (Å²) in [7, 11) is 0. The lowest BCUT2D eigenvalue weighted by Gasteiger charge is -2.22. The summed E-state index contributed by atoms with van der Waals surface area (Å²) < 4.78 is 10.7. The van der Waals surface area contributed by atoms with Crippen molar-refractivity contribution >= 4 is 11.6 Å². The van der Waals surface area contributed by atoms with Crippen molar-refractivity contribution in [2.45, 2.75) is 26.4 Å². The Kier molecular flexibility index (Phi) is 5.97. The minimum absolute atomic E-state index is 0.387. The van der Waals surface area contributed by atoms with Crippen LogP contribution in [0.25, 0.3) is 0 Å². The number of nitrogens with two attached hydrogens (primary N) is 1. The van der Waals surface area contributed by atoms with Crippen LogP contribution in [-0.4, -0.2) is 36.3 Å². The largest absolute Gasteiger partial charge is 0.381 e. The molecule has 0 bridgehead atoms. The standard InChI is InChI=1S/C13H23N5O2/c1-2-19-9-13-16-11(7-12(17-13)18-14)15-8-10-3-5-20-6-4-10/h7,10H,2-6,8-9,14H2,1H3,(H2,15,16,17,18). The molecule has 7 nitrogen and oxygen atoms in total. The Morgan fingerprint density at radius 1 is 1.35 bits per heavy atom. The van der Waals surface area contributed by atoms with E-state index in [9.17, 15) is 0 Å². The van der Waals surface area contributed by atoms with Gasteiger partial charge in [-0.1, -0.05) is 0 Å². The van der Waals surface area contributed by atoms with Crippen LogP contribution < -0.4 is 16.6 Å². The minimum atomic E-state index is 0.387. The van der Waals surface area contributed by atoms with Gasteiger partial charge in [0.05, 0.1) is 0 Å². The smallest absolute Gasteiger partial charge is 0.158 e. The number of hydrogen-bond acceptors (Lipinski definition) is 7. The quantitative estimate of drug-likeness (QED) is 0.509. The molecule has 0 aliphatic carbocycles. The third-order valence-corrected chi connectivity index (χ3v) is 3.27. The van der Waals surface area contributed by atoms with Crippen LogP contribution in [0, 0.1) is 5.92 Å². The van der Waals surface area contributed by atoms with Crippen molar-refractivity contribution in [2.24, 2.45) is 11.8 Å². The highest BCUT2D eigenvalue weighted by atomic mass is 16.5. The summed E-state index contributed by atoms with van der Waals surface area (Å²) in [6.07, 6.45) is 2.18. The molecule has 1 aliphatic heterocycles. The third-order valence-electron chi connectivity index (χ3n) is 3.27. The zero-order valence-electron chi connectivity index (χ0n) is 11.9. The Labute approximate surface area is 119 Å². The summed E-state index contributed by atoms with van der Waals surface area (Å²) in [4.78, 5) is 8.68. The number of hydrogen-bond donors (Lipinski definition) is 3. The molecule has 1 aromatic rings. The molecule has 0 atom stereocenters. The van der Waals surface area contributed by atoms with Gasteiger partial charge in [-0.2, -0.15) is 0 Å². The summed E-state index contributed by atoms with van der Waals surface area (Å²) in [6, 6.07) is 1.80. The van der Waals surface area contributed by atoms with E-state index in [1.807, 2.05) is 6.92 Å². The molecule has 1 aromatic heterocycles. The van der Waals surface area contributed by atoms with Gasteiger partial charge in [-0.15, -0.1) is 0 Å². The van der Waals surface area contributed by atoms with E-state index in [1.54, 1.807) is 6.07 Å². The average Bonchev–Trinajstić information content (AvgIpc) is 2.51. The monoisotopic (exact) mass is 281 g/mol. The molecule has 20 heavy (non-hydrogen) atoms. The number of nitrogens with one attached hydrogen (secondary N) is 2. The Bertz CT molecular complexity index is 410. The first-order valence-corrected chi connectivity index (χ1v) is 7.05. The molecule has 1 saturated heterocycles. The van der Waals surface area contributed by atoms with Crippen molar-refractivity contribution in [1.82, 2.24) is 9.97 Å². The lowest BCUT2D eigenvalue weighted by molar-refractivity contribution is 0.0699. The number of nitrogen functional groups attached to an aromatic ring is 1. The molecular formula is C13H23N5O2. The molecule has 0 unspecified atom stereocenters. The van der Waals surface area contributed by atoms with Crippen LogP contribution in [0.3, 0.4) is 0 Å². The van der Waals surface area contributed by atoms with Crippen molar-refractivity contribution in [1.29, 1.82) is 0 Å². The summed E-state index contributed by atoms with van der Waals surface area (Å²) in [5.41, 5.74) is 2.56. The van der Waals surface area contributed by atoms with Gasteiger partial charge >= 0.3 is 0 Å². The number of ether oxygens (including phenoxy) is 2. The third kappa shape index (κ3) is 4.59. The van der Waals surface area contributed by atoms with Crippen LogP contribution >= 0.6 is 0 Å². The number of rotatable bonds is 7. The molecule has 0 amide bonds. The first kappa shape index (κ1) is 15.0. The highest BCUT2D eigenvalue weighted by molar-refractivity contribution is 5.46. The maximum atomic E-state index is 5.43. The van der Waals surface area contributed by atoms with E-state index in [-0.39, 0.29) is 0 Å². The molecule has 0 saturated carbocycles. The summed E-state index contributed by atoms with van der Waals surface area (Å²) in [5.74, 6) is 8.04. The average molecular weight is 281 g/mol. The van der Waals surface area contributed by atoms with E-state index in [0.717, 1.165) is 38.4 Å². The first-order valence-electron chi connectivity index (χ1n) is 7.05. The fraction of sp³-hybridized carbons (Fsp3) is 0.692. The van der Waals surface area contributed by atoms with Crippen LogP contribution in [0.15, 0.2) is 6.07 Å². The van der Waals surface area contributed by atoms with Crippen LogP contribution in [0.4, 0.5) is 11.6 Å². The summed E-state index contributed by atoms with van der Waals surface area (Å²) >= 11 is 0. The predicted octanol–water partition coefficient (Wildman–Crippen LogP) is 1.14. The van der Waals surface area contributed by atoms with Gasteiger partial charge in [0.25, 0.3) is 0 Å². The highest BCUT2D eigenvalue weighted by Gasteiger charge is 2.14. The zero-order valence-corrected chi connectivity index (χ0v) is 11.9. The van der Waals surface area contributed by atoms with Crippen molar-refractivity contribution in [3.05, 3.63) is 11.9 Å². The number of aromatic nitrogens is 2. The summed E-state index contributed by atoms with van der Waals surface area (Å²) in [6.45, 7) is 5.54. The van der Waals surface area contributed by atoms with E-state index in [0.29, 0.717) is 30.8 Å². The van der Waals surface area contributed by atoms with Gasteiger partial charge in [0.15, 0.2) is 5.82 Å². The second kappa shape index (κ2) is 7.98. The zero-order chi connectivity index (χ0) is 14.2. The van der Waals surface area contributed by atoms with Gasteiger partial charge in [-0.05, 0) is 25.7 Å². The van der Waals surface area contributed by atoms with Gasteiger partial charge in [0, 0.05) is 32.4 Å². The molecule has 4 N–H and O–H groups in total. The Balaban J connectivity index is 1.94. The summed E-state index contributed by atoms with van der Waals surface area (Å²) in [5, 5.41) is 3.35. The lowest BCUT2D eigenvalue weighted by Crippen LogP contribution is -2.23. The molecular weight excluding hydrogens is 258 g/mol. The van der Waals surface area contributed by atoms with Gasteiger partial charge in [0.1, 0.15) is 18.2 Å². The maximum Gasteiger partial charge on any atom is 0.158 e. The second-order valence-electron chi connectivity index (χ2n) is 4.77. The van der Waals surface area contributed by atoms with E-state index < -0.39 is 0 Å². The van der Waals surface area contributed by atoms with Crippen LogP contribution in [0.2, 0.25) is 0 Å². The Hall–Kier alpha value is -1.44. The Morgan fingerprint density at radius 2 is 2.10 bits per heavy atom. The fourth-order valence-electron chi connectivity index (χ4n) is 2.12. The van der Waals surface area contributed by atoms with Crippen molar-refractivity contribution < 1.29 is 9.47 Å². The minimum Gasteiger partial charge on any atom is -0.381 e. The second-order valence-corrected chi connectivity index (χ2v) is 4.77. The van der Waals surface area contributed by atoms with E-state index in [2.05, 4.69) is 20.7 Å². The van der Waals surface area contributed by atoms with Gasteiger partial charge < -0.3 is 20.2 Å². The lowest BCUT2D eigenvalue weighted by atomic mass is 10.0. The maximum absolute atomic E-state index is 5.43. The van der Waals surface area contributed by atoms with Gasteiger partial charge in [-0.25, -0.2) is 15.8 Å². The first-order chi connectivity index (χ1) is 9.81. The number of nitrogens with zero attached hydrogens (tertiary/aromatic N) is 2. The van der Waals surface area contributed by atoms with Crippen molar-refractivity contribution in [2.75, 3.05) is 37.1 Å². The van der Waals surface area contributed by atoms with Gasteiger partial charge in [0.2, 0.25) is 0 Å². The molecule has 112 valence electrons. The highest BCUT2D eigenvalue weighted by Crippen LogP contribution is 2.17. The van der Waals surface area contributed by atoms with E-state index >= 15 is 0 Å². The molecule has 7 heteroatoms. The topological polar surface area (TPSA) is 94.3 Å². The van der Waals surface area contributed by atoms with E-state index in [1.165, 1.54) is 0 Å². The number of hydrazine groups is 1. The van der Waals surface area contributed by atoms with Crippen LogP contribution in [0.1, 0.15) is 25.6 Å². The number of anilines is 2. The molecule has 2 heterocycles. The Morgan fingerprint density at radius 3 is 2.80 bits per heavy atom. The fourth-order valence-corrected chi connectivity index (χ4v) is 2.12. The van der Waals surface area contributed by atoms with Crippen LogP contribution in [-0.2, 0) is 16.1 Å². The molecule has 0 aromatic carbocycles. The molecule has 0 spiro atoms. The molecule has 2 rings (SSSR count). The molecule has 1 aliphatic rings. The predicted molar refractivity (Wildman–Crippen MR) is 77.2 cm³/mol.